The zero-order chi connectivity index (χ0) is 13.2. The van der Waals surface area contributed by atoms with Crippen LogP contribution >= 0.6 is 11.3 Å². The van der Waals surface area contributed by atoms with Gasteiger partial charge in [0.2, 0.25) is 0 Å². The van der Waals surface area contributed by atoms with Gasteiger partial charge in [-0.2, -0.15) is 0 Å². The molecule has 0 amide bonds. The van der Waals surface area contributed by atoms with Crippen molar-refractivity contribution in [1.29, 1.82) is 0 Å². The Labute approximate surface area is 110 Å². The van der Waals surface area contributed by atoms with Gasteiger partial charge in [0.1, 0.15) is 5.41 Å². The first-order valence-electron chi connectivity index (χ1n) is 6.04. The van der Waals surface area contributed by atoms with Crippen molar-refractivity contribution in [1.82, 2.24) is 4.98 Å². The van der Waals surface area contributed by atoms with E-state index in [1.165, 1.54) is 11.3 Å². The van der Waals surface area contributed by atoms with Gasteiger partial charge in [-0.25, -0.2) is 4.98 Å². The second kappa shape index (κ2) is 5.24. The van der Waals surface area contributed by atoms with Crippen LogP contribution in [0.1, 0.15) is 32.4 Å². The summed E-state index contributed by atoms with van der Waals surface area (Å²) in [4.78, 5) is 15.5. The van der Waals surface area contributed by atoms with E-state index >= 15 is 0 Å². The fraction of sp³-hybridized carbons (Fsp3) is 0.667. The molecule has 100 valence electrons. The van der Waals surface area contributed by atoms with E-state index in [1.54, 1.807) is 19.2 Å². The molecule has 1 aliphatic heterocycles. The van der Waals surface area contributed by atoms with Gasteiger partial charge in [0.05, 0.1) is 18.3 Å². The monoisotopic (exact) mass is 270 g/mol. The number of nitrogens with one attached hydrogen (secondary N) is 1. The Balaban J connectivity index is 2.03. The number of carboxylic acids is 1. The molecule has 0 spiro atoms. The Morgan fingerprint density at radius 3 is 3.06 bits per heavy atom. The fourth-order valence-corrected chi connectivity index (χ4v) is 2.72. The number of aliphatic carboxylic acids is 1. The van der Waals surface area contributed by atoms with Gasteiger partial charge >= 0.3 is 5.97 Å². The highest BCUT2D eigenvalue weighted by Crippen LogP contribution is 2.28. The molecule has 2 heterocycles. The lowest BCUT2D eigenvalue weighted by atomic mass is 9.90. The number of nitrogens with zero attached hydrogens (tertiary/aromatic N) is 1. The summed E-state index contributed by atoms with van der Waals surface area (Å²) in [6.45, 7) is 4.85. The predicted molar refractivity (Wildman–Crippen MR) is 70.2 cm³/mol. The average molecular weight is 270 g/mol. The van der Waals surface area contributed by atoms with Gasteiger partial charge in [0.15, 0.2) is 5.13 Å². The van der Waals surface area contributed by atoms with Crippen molar-refractivity contribution in [2.45, 2.75) is 38.1 Å². The molecule has 18 heavy (non-hydrogen) atoms. The Morgan fingerprint density at radius 1 is 1.67 bits per heavy atom. The largest absolute Gasteiger partial charge is 0.481 e. The van der Waals surface area contributed by atoms with Gasteiger partial charge in [0, 0.05) is 12.0 Å². The van der Waals surface area contributed by atoms with Crippen LogP contribution in [0.5, 0.6) is 0 Å². The minimum absolute atomic E-state index is 0.283. The SMILES string of the molecule is CC(C)(C(=O)O)c1csc(NC2CCCOC2)n1. The molecule has 0 aromatic carbocycles. The molecule has 1 fully saturated rings. The Morgan fingerprint density at radius 2 is 2.44 bits per heavy atom. The van der Waals surface area contributed by atoms with Gasteiger partial charge < -0.3 is 15.2 Å². The molecule has 5 nitrogen and oxygen atoms in total. The minimum atomic E-state index is -0.945. The first-order valence-corrected chi connectivity index (χ1v) is 6.92. The Hall–Kier alpha value is -1.14. The van der Waals surface area contributed by atoms with Crippen LogP contribution in [0.25, 0.3) is 0 Å². The van der Waals surface area contributed by atoms with E-state index in [0.29, 0.717) is 12.3 Å². The van der Waals surface area contributed by atoms with Crippen LogP contribution in [0, 0.1) is 0 Å². The van der Waals surface area contributed by atoms with Gasteiger partial charge in [-0.3, -0.25) is 4.79 Å². The van der Waals surface area contributed by atoms with Crippen molar-refractivity contribution in [2.24, 2.45) is 0 Å². The first-order chi connectivity index (χ1) is 8.50. The predicted octanol–water partition coefficient (Wildman–Crippen LogP) is 2.10. The molecule has 0 bridgehead atoms. The van der Waals surface area contributed by atoms with Crippen molar-refractivity contribution in [3.63, 3.8) is 0 Å². The quantitative estimate of drug-likeness (QED) is 0.876. The van der Waals surface area contributed by atoms with Crippen molar-refractivity contribution in [3.05, 3.63) is 11.1 Å². The van der Waals surface area contributed by atoms with Crippen LogP contribution < -0.4 is 5.32 Å². The highest BCUT2D eigenvalue weighted by molar-refractivity contribution is 7.13. The molecule has 1 aromatic heterocycles. The summed E-state index contributed by atoms with van der Waals surface area (Å²) in [5.74, 6) is -0.861. The van der Waals surface area contributed by atoms with Crippen LogP contribution in [0.15, 0.2) is 5.38 Å². The van der Waals surface area contributed by atoms with Crippen molar-refractivity contribution >= 4 is 22.4 Å². The van der Waals surface area contributed by atoms with Crippen LogP contribution in [0.3, 0.4) is 0 Å². The number of rotatable bonds is 4. The molecule has 1 unspecified atom stereocenters. The maximum Gasteiger partial charge on any atom is 0.315 e. The van der Waals surface area contributed by atoms with E-state index in [4.69, 9.17) is 9.84 Å². The van der Waals surface area contributed by atoms with E-state index < -0.39 is 11.4 Å². The first kappa shape index (κ1) is 13.3. The number of aromatic nitrogens is 1. The number of carbonyl (C=O) groups is 1. The van der Waals surface area contributed by atoms with Gasteiger partial charge in [-0.05, 0) is 26.7 Å². The van der Waals surface area contributed by atoms with E-state index in [-0.39, 0.29) is 6.04 Å². The maximum atomic E-state index is 11.1. The third kappa shape index (κ3) is 2.81. The lowest BCUT2D eigenvalue weighted by Gasteiger charge is -2.22. The van der Waals surface area contributed by atoms with E-state index in [9.17, 15) is 4.79 Å². The molecule has 1 aromatic rings. The average Bonchev–Trinajstić information content (AvgIpc) is 2.79. The summed E-state index contributed by atoms with van der Waals surface area (Å²) >= 11 is 1.45. The molecule has 2 rings (SSSR count). The van der Waals surface area contributed by atoms with Gasteiger partial charge in [-0.15, -0.1) is 11.3 Å². The highest BCUT2D eigenvalue weighted by Gasteiger charge is 2.32. The lowest BCUT2D eigenvalue weighted by Crippen LogP contribution is -2.31. The minimum Gasteiger partial charge on any atom is -0.481 e. The van der Waals surface area contributed by atoms with Crippen molar-refractivity contribution < 1.29 is 14.6 Å². The second-order valence-corrected chi connectivity index (χ2v) is 5.88. The summed E-state index contributed by atoms with van der Waals surface area (Å²) in [5.41, 5.74) is -0.348. The smallest absolute Gasteiger partial charge is 0.315 e. The molecular formula is C12H18N2O3S. The number of carboxylic acid groups (broad SMARTS) is 1. The van der Waals surface area contributed by atoms with Crippen LogP contribution in [0.2, 0.25) is 0 Å². The van der Waals surface area contributed by atoms with Crippen molar-refractivity contribution in [2.75, 3.05) is 18.5 Å². The number of ether oxygens (including phenoxy) is 1. The summed E-state index contributed by atoms with van der Waals surface area (Å²) < 4.78 is 5.39. The number of thiazole rings is 1. The highest BCUT2D eigenvalue weighted by atomic mass is 32.1. The third-order valence-electron chi connectivity index (χ3n) is 3.17. The zero-order valence-electron chi connectivity index (χ0n) is 10.6. The van der Waals surface area contributed by atoms with Crippen LogP contribution in [-0.4, -0.2) is 35.3 Å². The number of anilines is 1. The summed E-state index contributed by atoms with van der Waals surface area (Å²) in [5, 5.41) is 15.0. The summed E-state index contributed by atoms with van der Waals surface area (Å²) in [6.07, 6.45) is 2.12. The number of hydrogen-bond donors (Lipinski definition) is 2. The van der Waals surface area contributed by atoms with Crippen LogP contribution in [0.4, 0.5) is 5.13 Å². The molecule has 0 saturated carbocycles. The summed E-state index contributed by atoms with van der Waals surface area (Å²) in [7, 11) is 0. The Bertz CT molecular complexity index is 425. The topological polar surface area (TPSA) is 71.5 Å². The fourth-order valence-electron chi connectivity index (χ4n) is 1.77. The molecular weight excluding hydrogens is 252 g/mol. The standard InChI is InChI=1S/C12H18N2O3S/c1-12(2,10(15)16)9-7-18-11(14-9)13-8-4-3-5-17-6-8/h7-8H,3-6H2,1-2H3,(H,13,14)(H,15,16). The zero-order valence-corrected chi connectivity index (χ0v) is 11.4. The number of hydrogen-bond acceptors (Lipinski definition) is 5. The summed E-state index contributed by atoms with van der Waals surface area (Å²) in [6, 6.07) is 0.283. The molecule has 1 atom stereocenters. The molecule has 6 heteroatoms. The normalized spacial score (nSPS) is 20.7. The van der Waals surface area contributed by atoms with E-state index in [1.807, 2.05) is 0 Å². The van der Waals surface area contributed by atoms with Crippen LogP contribution in [-0.2, 0) is 14.9 Å². The van der Waals surface area contributed by atoms with E-state index in [2.05, 4.69) is 10.3 Å². The molecule has 0 radical (unpaired) electrons. The molecule has 0 aliphatic carbocycles. The van der Waals surface area contributed by atoms with Crippen molar-refractivity contribution in [3.8, 4) is 0 Å². The van der Waals surface area contributed by atoms with Gasteiger partial charge in [0.25, 0.3) is 0 Å². The van der Waals surface area contributed by atoms with Gasteiger partial charge in [-0.1, -0.05) is 0 Å². The second-order valence-electron chi connectivity index (χ2n) is 5.03. The molecule has 1 saturated heterocycles. The van der Waals surface area contributed by atoms with E-state index in [0.717, 1.165) is 24.6 Å². The Kier molecular flexibility index (Phi) is 3.87. The molecule has 2 N–H and O–H groups in total. The maximum absolute atomic E-state index is 11.1. The molecule has 1 aliphatic rings. The third-order valence-corrected chi connectivity index (χ3v) is 3.94. The lowest BCUT2D eigenvalue weighted by molar-refractivity contribution is -0.142.